The molecule has 1 aliphatic heterocycles. The van der Waals surface area contributed by atoms with E-state index in [-0.39, 0.29) is 12.1 Å². The van der Waals surface area contributed by atoms with Gasteiger partial charge in [0, 0.05) is 31.4 Å². The van der Waals surface area contributed by atoms with Gasteiger partial charge in [0.05, 0.1) is 5.69 Å². The van der Waals surface area contributed by atoms with Crippen molar-refractivity contribution in [2.45, 2.75) is 58.2 Å². The van der Waals surface area contributed by atoms with Crippen LogP contribution < -0.4 is 0 Å². The summed E-state index contributed by atoms with van der Waals surface area (Å²) in [7, 11) is 2.11. The Morgan fingerprint density at radius 1 is 1.43 bits per heavy atom. The number of likely N-dealkylation sites (tertiary alicyclic amines) is 1. The fourth-order valence-electron chi connectivity index (χ4n) is 2.93. The Balaban J connectivity index is 1.99. The molecular formula is C18H29N3O2. The minimum Gasteiger partial charge on any atom is -0.444 e. The number of rotatable bonds is 3. The summed E-state index contributed by atoms with van der Waals surface area (Å²) in [6, 6.07) is 6.55. The summed E-state index contributed by atoms with van der Waals surface area (Å²) in [5.74, 6) is 0. The van der Waals surface area contributed by atoms with Crippen LogP contribution in [0.2, 0.25) is 0 Å². The molecule has 2 atom stereocenters. The number of hydrogen-bond acceptors (Lipinski definition) is 4. The maximum atomic E-state index is 12.3. The van der Waals surface area contributed by atoms with Crippen molar-refractivity contribution >= 4 is 6.09 Å². The van der Waals surface area contributed by atoms with Gasteiger partial charge in [-0.3, -0.25) is 9.88 Å². The zero-order chi connectivity index (χ0) is 17.0. The Morgan fingerprint density at radius 3 is 2.78 bits per heavy atom. The Kier molecular flexibility index (Phi) is 5.63. The number of piperidine rings is 1. The monoisotopic (exact) mass is 319 g/mol. The molecule has 1 aromatic rings. The van der Waals surface area contributed by atoms with Crippen LogP contribution in [0.1, 0.15) is 52.3 Å². The Labute approximate surface area is 139 Å². The van der Waals surface area contributed by atoms with Crippen molar-refractivity contribution in [2.75, 3.05) is 20.1 Å². The minimum atomic E-state index is -0.447. The molecule has 2 rings (SSSR count). The van der Waals surface area contributed by atoms with Gasteiger partial charge in [-0.15, -0.1) is 0 Å². The SMILES string of the molecule is C[C@@H](c1ccccn1)N(C)[C@@H]1CCCN(C(=O)OC(C)(C)C)C1. The van der Waals surface area contributed by atoms with Gasteiger partial charge in [-0.25, -0.2) is 4.79 Å². The maximum Gasteiger partial charge on any atom is 0.410 e. The minimum absolute atomic E-state index is 0.207. The molecule has 0 unspecified atom stereocenters. The molecule has 0 saturated carbocycles. The smallest absolute Gasteiger partial charge is 0.410 e. The van der Waals surface area contributed by atoms with Crippen LogP contribution >= 0.6 is 0 Å². The molecular weight excluding hydrogens is 290 g/mol. The van der Waals surface area contributed by atoms with Crippen LogP contribution in [0.5, 0.6) is 0 Å². The molecule has 5 nitrogen and oxygen atoms in total. The van der Waals surface area contributed by atoms with Gasteiger partial charge in [0.1, 0.15) is 5.60 Å². The van der Waals surface area contributed by atoms with E-state index in [1.807, 2.05) is 44.0 Å². The van der Waals surface area contributed by atoms with Crippen molar-refractivity contribution in [3.8, 4) is 0 Å². The van der Waals surface area contributed by atoms with Gasteiger partial charge in [0.25, 0.3) is 0 Å². The Bertz CT molecular complexity index is 513. The highest BCUT2D eigenvalue weighted by Gasteiger charge is 2.31. The molecule has 0 aromatic carbocycles. The highest BCUT2D eigenvalue weighted by atomic mass is 16.6. The summed E-state index contributed by atoms with van der Waals surface area (Å²) in [5.41, 5.74) is 0.612. The lowest BCUT2D eigenvalue weighted by Gasteiger charge is -2.40. The van der Waals surface area contributed by atoms with E-state index in [1.165, 1.54) is 0 Å². The summed E-state index contributed by atoms with van der Waals surface area (Å²) in [6.45, 7) is 9.36. The molecule has 0 bridgehead atoms. The zero-order valence-electron chi connectivity index (χ0n) is 15.0. The predicted molar refractivity (Wildman–Crippen MR) is 91.2 cm³/mol. The number of ether oxygens (including phenoxy) is 1. The van der Waals surface area contributed by atoms with Gasteiger partial charge in [0.15, 0.2) is 0 Å². The molecule has 0 radical (unpaired) electrons. The summed E-state index contributed by atoms with van der Waals surface area (Å²) in [6.07, 6.45) is 3.71. The predicted octanol–water partition coefficient (Wildman–Crippen LogP) is 3.47. The second-order valence-corrected chi connectivity index (χ2v) is 7.32. The largest absolute Gasteiger partial charge is 0.444 e. The van der Waals surface area contributed by atoms with E-state index in [1.54, 1.807) is 0 Å². The van der Waals surface area contributed by atoms with Crippen molar-refractivity contribution in [3.05, 3.63) is 30.1 Å². The van der Waals surface area contributed by atoms with E-state index >= 15 is 0 Å². The molecule has 1 aliphatic rings. The van der Waals surface area contributed by atoms with Crippen LogP contribution in [0.25, 0.3) is 0 Å². The van der Waals surface area contributed by atoms with Crippen molar-refractivity contribution in [2.24, 2.45) is 0 Å². The van der Waals surface area contributed by atoms with E-state index in [4.69, 9.17) is 4.74 Å². The molecule has 1 fully saturated rings. The fraction of sp³-hybridized carbons (Fsp3) is 0.667. The third-order valence-corrected chi connectivity index (χ3v) is 4.35. The molecule has 0 N–H and O–H groups in total. The lowest BCUT2D eigenvalue weighted by Crippen LogP contribution is -2.50. The first-order valence-electron chi connectivity index (χ1n) is 8.39. The van der Waals surface area contributed by atoms with E-state index in [2.05, 4.69) is 29.9 Å². The first-order valence-corrected chi connectivity index (χ1v) is 8.39. The maximum absolute atomic E-state index is 12.3. The van der Waals surface area contributed by atoms with Gasteiger partial charge in [0.2, 0.25) is 0 Å². The highest BCUT2D eigenvalue weighted by molar-refractivity contribution is 5.68. The van der Waals surface area contributed by atoms with Crippen LogP contribution in [-0.4, -0.2) is 52.7 Å². The number of nitrogens with zero attached hydrogens (tertiary/aromatic N) is 3. The standard InChI is InChI=1S/C18H29N3O2/c1-14(16-10-6-7-11-19-16)20(5)15-9-8-12-21(13-15)17(22)23-18(2,3)4/h6-7,10-11,14-15H,8-9,12-13H2,1-5H3/t14-,15+/m0/s1. The third kappa shape index (κ3) is 4.93. The fourth-order valence-corrected chi connectivity index (χ4v) is 2.93. The van der Waals surface area contributed by atoms with Crippen molar-refractivity contribution in [1.82, 2.24) is 14.8 Å². The zero-order valence-corrected chi connectivity index (χ0v) is 15.0. The molecule has 1 amide bonds. The average Bonchev–Trinajstić information content (AvgIpc) is 2.53. The van der Waals surface area contributed by atoms with Crippen LogP contribution in [-0.2, 0) is 4.74 Å². The van der Waals surface area contributed by atoms with Crippen molar-refractivity contribution in [1.29, 1.82) is 0 Å². The van der Waals surface area contributed by atoms with Crippen LogP contribution in [0.4, 0.5) is 4.79 Å². The Morgan fingerprint density at radius 2 is 2.17 bits per heavy atom. The topological polar surface area (TPSA) is 45.7 Å². The molecule has 1 aromatic heterocycles. The molecule has 128 valence electrons. The number of amides is 1. The molecule has 1 saturated heterocycles. The highest BCUT2D eigenvalue weighted by Crippen LogP contribution is 2.24. The lowest BCUT2D eigenvalue weighted by molar-refractivity contribution is 0.00959. The molecule has 23 heavy (non-hydrogen) atoms. The average molecular weight is 319 g/mol. The number of likely N-dealkylation sites (N-methyl/N-ethyl adjacent to an activating group) is 1. The van der Waals surface area contributed by atoms with E-state index in [0.717, 1.165) is 25.1 Å². The molecule has 0 aliphatic carbocycles. The van der Waals surface area contributed by atoms with Crippen LogP contribution in [0.15, 0.2) is 24.4 Å². The van der Waals surface area contributed by atoms with Crippen LogP contribution in [0.3, 0.4) is 0 Å². The number of carbonyl (C=O) groups is 1. The third-order valence-electron chi connectivity index (χ3n) is 4.35. The van der Waals surface area contributed by atoms with Gasteiger partial charge >= 0.3 is 6.09 Å². The van der Waals surface area contributed by atoms with Crippen LogP contribution in [0, 0.1) is 0 Å². The number of carbonyl (C=O) groups excluding carboxylic acids is 1. The first-order chi connectivity index (χ1) is 10.8. The van der Waals surface area contributed by atoms with Crippen molar-refractivity contribution in [3.63, 3.8) is 0 Å². The second kappa shape index (κ2) is 7.30. The molecule has 5 heteroatoms. The summed E-state index contributed by atoms with van der Waals surface area (Å²) in [4.78, 5) is 20.9. The second-order valence-electron chi connectivity index (χ2n) is 7.32. The van der Waals surface area contributed by atoms with Gasteiger partial charge < -0.3 is 9.64 Å². The Hall–Kier alpha value is -1.62. The van der Waals surface area contributed by atoms with Gasteiger partial charge in [-0.05, 0) is 59.7 Å². The number of aromatic nitrogens is 1. The van der Waals surface area contributed by atoms with E-state index in [0.29, 0.717) is 12.6 Å². The quantitative estimate of drug-likeness (QED) is 0.856. The summed E-state index contributed by atoms with van der Waals surface area (Å²) in [5, 5.41) is 0. The summed E-state index contributed by atoms with van der Waals surface area (Å²) < 4.78 is 5.51. The first kappa shape index (κ1) is 17.7. The van der Waals surface area contributed by atoms with Gasteiger partial charge in [-0.2, -0.15) is 0 Å². The molecule has 2 heterocycles. The van der Waals surface area contributed by atoms with Crippen molar-refractivity contribution < 1.29 is 9.53 Å². The van der Waals surface area contributed by atoms with E-state index < -0.39 is 5.60 Å². The molecule has 0 spiro atoms. The lowest BCUT2D eigenvalue weighted by atomic mass is 10.0. The normalized spacial score (nSPS) is 20.4. The van der Waals surface area contributed by atoms with Gasteiger partial charge in [-0.1, -0.05) is 6.07 Å². The van der Waals surface area contributed by atoms with E-state index in [9.17, 15) is 4.79 Å². The number of pyridine rings is 1. The summed E-state index contributed by atoms with van der Waals surface area (Å²) >= 11 is 0. The number of hydrogen-bond donors (Lipinski definition) is 0.